The first kappa shape index (κ1) is 73.6. The molecular weight excluding hydrogens is 979 g/mol. The molecule has 1 amide bonds. The molecule has 11 nitrogen and oxygen atoms in total. The van der Waals surface area contributed by atoms with Crippen molar-refractivity contribution in [3.05, 3.63) is 48.6 Å². The molecule has 0 saturated carbocycles. The zero-order valence-electron chi connectivity index (χ0n) is 50.4. The van der Waals surface area contributed by atoms with E-state index in [4.69, 9.17) is 14.2 Å². The summed E-state index contributed by atoms with van der Waals surface area (Å²) in [4.78, 5) is 25.1. The summed E-state index contributed by atoms with van der Waals surface area (Å²) in [6.07, 6.45) is 62.2. The van der Waals surface area contributed by atoms with E-state index >= 15 is 0 Å². The van der Waals surface area contributed by atoms with Gasteiger partial charge in [-0.15, -0.1) is 0 Å². The fourth-order valence-corrected chi connectivity index (χ4v) is 10.1. The lowest BCUT2D eigenvalue weighted by molar-refractivity contribution is -0.302. The summed E-state index contributed by atoms with van der Waals surface area (Å²) >= 11 is 0. The number of carbonyl (C=O) groups excluding carboxylic acids is 2. The van der Waals surface area contributed by atoms with Crippen molar-refractivity contribution in [2.45, 2.75) is 346 Å². The van der Waals surface area contributed by atoms with Gasteiger partial charge in [-0.3, -0.25) is 9.59 Å². The maximum Gasteiger partial charge on any atom is 0.305 e. The normalized spacial score (nSPS) is 18.8. The number of allylic oxidation sites excluding steroid dienone is 7. The molecule has 0 aromatic rings. The topological polar surface area (TPSA) is 175 Å². The molecule has 0 bridgehead atoms. The lowest BCUT2D eigenvalue weighted by Gasteiger charge is -2.40. The van der Waals surface area contributed by atoms with Gasteiger partial charge < -0.3 is 45.1 Å². The zero-order valence-corrected chi connectivity index (χ0v) is 50.4. The zero-order chi connectivity index (χ0) is 56.6. The van der Waals surface area contributed by atoms with Crippen LogP contribution in [0.15, 0.2) is 48.6 Å². The Morgan fingerprint density at radius 2 is 0.846 bits per heavy atom. The van der Waals surface area contributed by atoms with Gasteiger partial charge in [-0.25, -0.2) is 0 Å². The minimum Gasteiger partial charge on any atom is -0.466 e. The molecule has 1 saturated heterocycles. The van der Waals surface area contributed by atoms with E-state index in [1.807, 2.05) is 6.08 Å². The predicted octanol–water partition coefficient (Wildman–Crippen LogP) is 16.0. The maximum atomic E-state index is 13.0. The molecule has 0 radical (unpaired) electrons. The summed E-state index contributed by atoms with van der Waals surface area (Å²) in [6, 6.07) is -0.829. The van der Waals surface area contributed by atoms with Crippen LogP contribution >= 0.6 is 0 Å². The van der Waals surface area contributed by atoms with Crippen molar-refractivity contribution in [3.8, 4) is 0 Å². The Kier molecular flexibility index (Phi) is 53.3. The SMILES string of the molecule is CCCC/C=C\CCCCCCCC(=O)OCCCCCCCCCCCCCC/C=C\CCCCCCCCCCCCC(=O)NC(COC1OC(CO)C(O)C(O)C1O)C(O)/C=C/CC/C=C/CCCCCCCCC. The molecule has 1 fully saturated rings. The number of unbranched alkanes of at least 4 members (excludes halogenated alkanes) is 37. The van der Waals surface area contributed by atoms with Crippen LogP contribution < -0.4 is 5.32 Å². The molecule has 0 aromatic heterocycles. The van der Waals surface area contributed by atoms with Crippen LogP contribution in [0, 0.1) is 0 Å². The Morgan fingerprint density at radius 1 is 0.462 bits per heavy atom. The molecule has 1 aliphatic heterocycles. The quantitative estimate of drug-likeness (QED) is 0.0195. The molecule has 6 N–H and O–H groups in total. The van der Waals surface area contributed by atoms with Crippen molar-refractivity contribution < 1.29 is 49.3 Å². The Hall–Kier alpha value is -2.38. The molecule has 1 heterocycles. The van der Waals surface area contributed by atoms with E-state index in [-0.39, 0.29) is 18.5 Å². The number of esters is 1. The highest BCUT2D eigenvalue weighted by Crippen LogP contribution is 2.23. The summed E-state index contributed by atoms with van der Waals surface area (Å²) in [7, 11) is 0. The average molecular weight is 1100 g/mol. The number of rotatable bonds is 57. The fraction of sp³-hybridized carbons (Fsp3) is 0.851. The highest BCUT2D eigenvalue weighted by atomic mass is 16.7. The van der Waals surface area contributed by atoms with Gasteiger partial charge in [-0.2, -0.15) is 0 Å². The number of aliphatic hydroxyl groups is 5. The molecule has 78 heavy (non-hydrogen) atoms. The first-order valence-electron chi connectivity index (χ1n) is 32.9. The molecule has 1 aliphatic rings. The van der Waals surface area contributed by atoms with Gasteiger partial charge in [0.05, 0.1) is 32.0 Å². The second-order valence-corrected chi connectivity index (χ2v) is 22.8. The van der Waals surface area contributed by atoms with E-state index in [1.165, 1.54) is 218 Å². The van der Waals surface area contributed by atoms with Crippen LogP contribution in [0.1, 0.15) is 303 Å². The van der Waals surface area contributed by atoms with Crippen LogP contribution in [0.25, 0.3) is 0 Å². The van der Waals surface area contributed by atoms with E-state index in [9.17, 15) is 35.1 Å². The summed E-state index contributed by atoms with van der Waals surface area (Å²) in [5.41, 5.74) is 0. The number of ether oxygens (including phenoxy) is 3. The third-order valence-corrected chi connectivity index (χ3v) is 15.4. The number of aliphatic hydroxyl groups excluding tert-OH is 5. The van der Waals surface area contributed by atoms with Gasteiger partial charge in [-0.1, -0.05) is 249 Å². The van der Waals surface area contributed by atoms with E-state index in [0.29, 0.717) is 19.4 Å². The maximum absolute atomic E-state index is 13.0. The molecule has 0 spiro atoms. The number of hydrogen-bond acceptors (Lipinski definition) is 10. The molecule has 7 atom stereocenters. The van der Waals surface area contributed by atoms with Gasteiger partial charge in [0.25, 0.3) is 0 Å². The molecule has 0 aromatic carbocycles. The van der Waals surface area contributed by atoms with Gasteiger partial charge in [0.15, 0.2) is 6.29 Å². The fourth-order valence-electron chi connectivity index (χ4n) is 10.1. The standard InChI is InChI=1S/C67H123NO10/c1-3-5-7-9-11-13-15-30-34-37-41-45-49-53-60(70)59(58-77-67-66(75)65(74)64(73)61(57-69)78-67)68-62(71)54-50-46-42-38-35-31-28-26-24-22-20-18-16-17-19-21-23-25-27-29-32-36-40-44-48-52-56-76-63(72)55-51-47-43-39-33-14-12-10-8-6-4-2/h10,12,16,18,34,37,49,53,59-61,64-67,69-70,73-75H,3-9,11,13-15,17,19-33,35-36,38-48,50-52,54-58H2,1-2H3,(H,68,71)/b12-10-,18-16-,37-34+,53-49+. The smallest absolute Gasteiger partial charge is 0.305 e. The summed E-state index contributed by atoms with van der Waals surface area (Å²) in [5, 5.41) is 54.4. The Balaban J connectivity index is 2.03. The van der Waals surface area contributed by atoms with Crippen molar-refractivity contribution in [2.75, 3.05) is 19.8 Å². The first-order chi connectivity index (χ1) is 38.2. The minimum atomic E-state index is -1.58. The van der Waals surface area contributed by atoms with Crippen molar-refractivity contribution >= 4 is 11.9 Å². The van der Waals surface area contributed by atoms with Crippen LogP contribution in [0.3, 0.4) is 0 Å². The first-order valence-corrected chi connectivity index (χ1v) is 32.9. The van der Waals surface area contributed by atoms with Gasteiger partial charge in [0.1, 0.15) is 24.4 Å². The molecule has 7 unspecified atom stereocenters. The lowest BCUT2D eigenvalue weighted by atomic mass is 9.99. The van der Waals surface area contributed by atoms with Crippen LogP contribution in [-0.4, -0.2) is 100 Å². The van der Waals surface area contributed by atoms with Gasteiger partial charge in [-0.05, 0) is 89.9 Å². The minimum absolute atomic E-state index is 0.00745. The van der Waals surface area contributed by atoms with Crippen LogP contribution in [0.4, 0.5) is 0 Å². The summed E-state index contributed by atoms with van der Waals surface area (Å²) in [6.45, 7) is 4.29. The molecule has 0 aliphatic carbocycles. The average Bonchev–Trinajstić information content (AvgIpc) is 3.44. The third kappa shape index (κ3) is 45.3. The highest BCUT2D eigenvalue weighted by Gasteiger charge is 2.44. The number of carbonyl (C=O) groups is 2. The van der Waals surface area contributed by atoms with Crippen molar-refractivity contribution in [3.63, 3.8) is 0 Å². The monoisotopic (exact) mass is 1100 g/mol. The Morgan fingerprint density at radius 3 is 1.31 bits per heavy atom. The summed E-state index contributed by atoms with van der Waals surface area (Å²) in [5.74, 6) is -0.201. The Bertz CT molecular complexity index is 1430. The lowest BCUT2D eigenvalue weighted by Crippen LogP contribution is -2.60. The largest absolute Gasteiger partial charge is 0.466 e. The van der Waals surface area contributed by atoms with E-state index in [2.05, 4.69) is 55.6 Å². The number of nitrogens with one attached hydrogen (secondary N) is 1. The molecule has 456 valence electrons. The number of amides is 1. The van der Waals surface area contributed by atoms with Crippen molar-refractivity contribution in [1.82, 2.24) is 5.32 Å². The van der Waals surface area contributed by atoms with Crippen molar-refractivity contribution in [1.29, 1.82) is 0 Å². The second kappa shape index (κ2) is 56.5. The van der Waals surface area contributed by atoms with E-state index < -0.39 is 49.5 Å². The van der Waals surface area contributed by atoms with Crippen LogP contribution in [0.2, 0.25) is 0 Å². The summed E-state index contributed by atoms with van der Waals surface area (Å²) < 4.78 is 16.7. The van der Waals surface area contributed by atoms with E-state index in [0.717, 1.165) is 57.8 Å². The van der Waals surface area contributed by atoms with Crippen LogP contribution in [0.5, 0.6) is 0 Å². The van der Waals surface area contributed by atoms with Gasteiger partial charge in [0.2, 0.25) is 5.91 Å². The third-order valence-electron chi connectivity index (χ3n) is 15.4. The van der Waals surface area contributed by atoms with Crippen molar-refractivity contribution in [2.24, 2.45) is 0 Å². The molecule has 11 heteroatoms. The van der Waals surface area contributed by atoms with Crippen LogP contribution in [-0.2, 0) is 23.8 Å². The number of hydrogen-bond donors (Lipinski definition) is 6. The molecular formula is C67H123NO10. The van der Waals surface area contributed by atoms with Gasteiger partial charge >= 0.3 is 5.97 Å². The van der Waals surface area contributed by atoms with Gasteiger partial charge in [0, 0.05) is 12.8 Å². The highest BCUT2D eigenvalue weighted by molar-refractivity contribution is 5.76. The second-order valence-electron chi connectivity index (χ2n) is 22.8. The Labute approximate surface area is 478 Å². The molecule has 1 rings (SSSR count). The predicted molar refractivity (Wildman–Crippen MR) is 324 cm³/mol. The van der Waals surface area contributed by atoms with E-state index in [1.54, 1.807) is 6.08 Å².